The third kappa shape index (κ3) is 3.29. The summed E-state index contributed by atoms with van der Waals surface area (Å²) < 4.78 is 33.2. The van der Waals surface area contributed by atoms with Gasteiger partial charge in [-0.3, -0.25) is 10.1 Å². The van der Waals surface area contributed by atoms with Gasteiger partial charge in [0.15, 0.2) is 5.13 Å². The van der Waals surface area contributed by atoms with Crippen molar-refractivity contribution in [2.24, 2.45) is 0 Å². The van der Waals surface area contributed by atoms with E-state index in [0.717, 1.165) is 58.7 Å². The third-order valence-electron chi connectivity index (χ3n) is 5.00. The average molecular weight is 423 g/mol. The molecule has 150 valence electrons. The Balaban J connectivity index is 1.48. The highest BCUT2D eigenvalue weighted by atomic mass is 32.1. The van der Waals surface area contributed by atoms with Crippen LogP contribution in [0.5, 0.6) is 0 Å². The highest BCUT2D eigenvalue weighted by molar-refractivity contribution is 7.19. The maximum atomic E-state index is 13.9. The first kappa shape index (κ1) is 18.6. The summed E-state index contributed by atoms with van der Waals surface area (Å²) in [6.07, 6.45) is 5.67. The van der Waals surface area contributed by atoms with Gasteiger partial charge in [0.1, 0.15) is 23.5 Å². The summed E-state index contributed by atoms with van der Waals surface area (Å²) in [5.74, 6) is -2.11. The molecule has 1 aliphatic carbocycles. The molecule has 0 saturated heterocycles. The van der Waals surface area contributed by atoms with E-state index in [-0.39, 0.29) is 0 Å². The van der Waals surface area contributed by atoms with E-state index in [0.29, 0.717) is 11.0 Å². The number of hydrogen-bond acceptors (Lipinski definition) is 5. The van der Waals surface area contributed by atoms with Gasteiger partial charge in [-0.15, -0.1) is 0 Å². The second-order valence-corrected chi connectivity index (χ2v) is 7.91. The molecule has 0 aliphatic heterocycles. The van der Waals surface area contributed by atoms with Crippen LogP contribution in [0.15, 0.2) is 53.3 Å². The van der Waals surface area contributed by atoms with Crippen molar-refractivity contribution in [1.82, 2.24) is 9.97 Å². The first-order valence-electron chi connectivity index (χ1n) is 9.38. The molecule has 2 aromatic heterocycles. The van der Waals surface area contributed by atoms with Gasteiger partial charge < -0.3 is 4.42 Å². The Morgan fingerprint density at radius 1 is 1.13 bits per heavy atom. The Morgan fingerprint density at radius 2 is 1.97 bits per heavy atom. The van der Waals surface area contributed by atoms with Crippen LogP contribution in [0.3, 0.4) is 0 Å². The smallest absolute Gasteiger partial charge is 0.263 e. The summed E-state index contributed by atoms with van der Waals surface area (Å²) in [6.45, 7) is 0. The van der Waals surface area contributed by atoms with E-state index >= 15 is 0 Å². The van der Waals surface area contributed by atoms with E-state index in [9.17, 15) is 13.6 Å². The van der Waals surface area contributed by atoms with Gasteiger partial charge in [-0.05, 0) is 54.7 Å². The van der Waals surface area contributed by atoms with Crippen LogP contribution in [0.2, 0.25) is 0 Å². The number of fused-ring (bicyclic) bond motifs is 3. The average Bonchev–Trinajstić information content (AvgIpc) is 3.35. The van der Waals surface area contributed by atoms with Crippen molar-refractivity contribution in [3.8, 4) is 21.9 Å². The van der Waals surface area contributed by atoms with Crippen LogP contribution in [0.25, 0.3) is 21.9 Å². The summed E-state index contributed by atoms with van der Waals surface area (Å²) in [5.41, 5.74) is 3.33. The fourth-order valence-electron chi connectivity index (χ4n) is 3.63. The molecule has 8 heteroatoms. The molecular weight excluding hydrogens is 408 g/mol. The molecular formula is C22H15F2N3O2S. The number of aryl methyl sites for hydroxylation is 2. The van der Waals surface area contributed by atoms with Gasteiger partial charge in [0, 0.05) is 5.56 Å². The number of amides is 1. The summed E-state index contributed by atoms with van der Waals surface area (Å²) in [7, 11) is 0. The van der Waals surface area contributed by atoms with E-state index in [1.54, 1.807) is 6.20 Å². The molecule has 0 unspecified atom stereocenters. The second kappa shape index (κ2) is 7.46. The number of halogens is 2. The van der Waals surface area contributed by atoms with Crippen molar-refractivity contribution < 1.29 is 18.0 Å². The largest absolute Gasteiger partial charge is 0.445 e. The number of rotatable bonds is 3. The zero-order valence-electron chi connectivity index (χ0n) is 15.6. The van der Waals surface area contributed by atoms with Gasteiger partial charge in [-0.2, -0.15) is 0 Å². The number of thiazole rings is 1. The molecule has 0 atom stereocenters. The maximum Gasteiger partial charge on any atom is 0.263 e. The van der Waals surface area contributed by atoms with Crippen LogP contribution in [0.4, 0.5) is 13.9 Å². The zero-order chi connectivity index (χ0) is 20.7. The predicted octanol–water partition coefficient (Wildman–Crippen LogP) is 5.48. The summed E-state index contributed by atoms with van der Waals surface area (Å²) in [4.78, 5) is 22.1. The molecule has 4 aromatic rings. The quantitative estimate of drug-likeness (QED) is 0.474. The third-order valence-corrected chi connectivity index (χ3v) is 6.04. The number of carbonyl (C=O) groups excluding carboxylic acids is 1. The highest BCUT2D eigenvalue weighted by Gasteiger charge is 2.23. The van der Waals surface area contributed by atoms with E-state index < -0.39 is 23.1 Å². The molecule has 30 heavy (non-hydrogen) atoms. The zero-order valence-corrected chi connectivity index (χ0v) is 16.4. The number of benzene rings is 2. The fourth-order valence-corrected chi connectivity index (χ4v) is 4.69. The molecule has 1 N–H and O–H groups in total. The minimum absolute atomic E-state index is 0.317. The van der Waals surface area contributed by atoms with E-state index in [1.165, 1.54) is 23.7 Å². The molecule has 1 aliphatic rings. The first-order valence-corrected chi connectivity index (χ1v) is 10.2. The maximum absolute atomic E-state index is 13.9. The first-order chi connectivity index (χ1) is 14.6. The van der Waals surface area contributed by atoms with Crippen molar-refractivity contribution in [3.63, 3.8) is 0 Å². The van der Waals surface area contributed by atoms with E-state index in [2.05, 4.69) is 21.4 Å². The number of nitrogens with zero attached hydrogens (tertiary/aromatic N) is 2. The van der Waals surface area contributed by atoms with Crippen LogP contribution in [0, 0.1) is 11.6 Å². The van der Waals surface area contributed by atoms with Gasteiger partial charge in [0.05, 0.1) is 16.8 Å². The molecule has 2 aromatic carbocycles. The van der Waals surface area contributed by atoms with Gasteiger partial charge in [0.25, 0.3) is 5.91 Å². The summed E-state index contributed by atoms with van der Waals surface area (Å²) in [6, 6.07) is 9.32. The number of nitrogens with one attached hydrogen (secondary N) is 1. The summed E-state index contributed by atoms with van der Waals surface area (Å²) >= 11 is 1.30. The van der Waals surface area contributed by atoms with Crippen molar-refractivity contribution in [2.75, 3.05) is 5.32 Å². The minimum atomic E-state index is -0.907. The number of hydrogen-bond donors (Lipinski definition) is 1. The minimum Gasteiger partial charge on any atom is -0.445 e. The Bertz CT molecular complexity index is 1230. The second-order valence-electron chi connectivity index (χ2n) is 6.91. The van der Waals surface area contributed by atoms with Gasteiger partial charge >= 0.3 is 0 Å². The topological polar surface area (TPSA) is 68.0 Å². The van der Waals surface area contributed by atoms with Crippen molar-refractivity contribution in [1.29, 1.82) is 0 Å². The molecule has 0 spiro atoms. The van der Waals surface area contributed by atoms with Gasteiger partial charge in [-0.25, -0.2) is 18.7 Å². The Labute approximate surface area is 174 Å². The van der Waals surface area contributed by atoms with Crippen LogP contribution < -0.4 is 5.32 Å². The molecule has 0 bridgehead atoms. The number of anilines is 1. The normalized spacial score (nSPS) is 12.7. The Kier molecular flexibility index (Phi) is 4.63. The van der Waals surface area contributed by atoms with Crippen molar-refractivity contribution in [3.05, 3.63) is 77.3 Å². The van der Waals surface area contributed by atoms with E-state index in [1.807, 2.05) is 12.1 Å². The Morgan fingerprint density at radius 3 is 2.73 bits per heavy atom. The molecule has 0 radical (unpaired) electrons. The lowest BCUT2D eigenvalue weighted by Gasteiger charge is -2.07. The molecule has 1 amide bonds. The number of oxazole rings is 1. The van der Waals surface area contributed by atoms with E-state index in [4.69, 9.17) is 4.42 Å². The van der Waals surface area contributed by atoms with Crippen LogP contribution in [0.1, 0.15) is 28.0 Å². The van der Waals surface area contributed by atoms with Crippen molar-refractivity contribution >= 4 is 22.4 Å². The monoisotopic (exact) mass is 423 g/mol. The molecule has 0 fully saturated rings. The molecule has 5 rings (SSSR count). The fraction of sp³-hybridized carbons (Fsp3) is 0.136. The SMILES string of the molecule is O=C(Nc1nc2c(s1)-c1ccc(-c3ncco3)cc1CCC2)c1c(F)cccc1F. The standard InChI is InChI=1S/C22H15F2N3O2S/c23-15-4-2-5-16(24)18(15)20(28)27-22-26-17-6-1-3-12-11-13(21-25-9-10-29-21)7-8-14(12)19(17)30-22/h2,4-5,7-11H,1,3,6H2,(H,26,27,28). The molecule has 5 nitrogen and oxygen atoms in total. The lowest BCUT2D eigenvalue weighted by molar-refractivity contribution is 0.101. The molecule has 2 heterocycles. The molecule has 0 saturated carbocycles. The highest BCUT2D eigenvalue weighted by Crippen LogP contribution is 2.40. The van der Waals surface area contributed by atoms with Crippen molar-refractivity contribution in [2.45, 2.75) is 19.3 Å². The van der Waals surface area contributed by atoms with Crippen LogP contribution >= 0.6 is 11.3 Å². The van der Waals surface area contributed by atoms with Crippen LogP contribution in [-0.4, -0.2) is 15.9 Å². The van der Waals surface area contributed by atoms with Gasteiger partial charge in [-0.1, -0.05) is 23.5 Å². The number of carbonyl (C=O) groups is 1. The summed E-state index contributed by atoms with van der Waals surface area (Å²) in [5, 5.41) is 2.86. The Hall–Kier alpha value is -3.39. The number of aromatic nitrogens is 2. The van der Waals surface area contributed by atoms with Crippen LogP contribution in [-0.2, 0) is 12.8 Å². The van der Waals surface area contributed by atoms with Gasteiger partial charge in [0.2, 0.25) is 5.89 Å². The lowest BCUT2D eigenvalue weighted by Crippen LogP contribution is -2.15. The lowest BCUT2D eigenvalue weighted by atomic mass is 10.0. The predicted molar refractivity (Wildman–Crippen MR) is 109 cm³/mol.